The molecule has 0 heterocycles. The predicted octanol–water partition coefficient (Wildman–Crippen LogP) is 1.31. The molecule has 11 heavy (non-hydrogen) atoms. The molecule has 1 fully saturated rings. The van der Waals surface area contributed by atoms with Crippen LogP contribution in [0.3, 0.4) is 0 Å². The summed E-state index contributed by atoms with van der Waals surface area (Å²) in [6, 6.07) is 0. The molecule has 1 aliphatic rings. The van der Waals surface area contributed by atoms with E-state index < -0.39 is 12.0 Å². The third-order valence-electron chi connectivity index (χ3n) is 1.53. The molecule has 0 amide bonds. The van der Waals surface area contributed by atoms with E-state index in [2.05, 4.69) is 17.5 Å². The number of nitrogens with one attached hydrogen (secondary N) is 1. The molecule has 0 unspecified atom stereocenters. The zero-order valence-electron chi connectivity index (χ0n) is 6.06. The second kappa shape index (κ2) is 2.89. The summed E-state index contributed by atoms with van der Waals surface area (Å²) >= 11 is 4.63. The predicted molar refractivity (Wildman–Crippen MR) is 40.7 cm³/mol. The van der Waals surface area contributed by atoms with Gasteiger partial charge in [0.15, 0.2) is 0 Å². The molecule has 0 atom stereocenters. The maximum Gasteiger partial charge on any atom is 0.256 e. The van der Waals surface area contributed by atoms with Gasteiger partial charge in [-0.1, -0.05) is 0 Å². The van der Waals surface area contributed by atoms with Crippen LogP contribution in [0.5, 0.6) is 0 Å². The number of rotatable bonds is 1. The lowest BCUT2D eigenvalue weighted by Gasteiger charge is -2.34. The summed E-state index contributed by atoms with van der Waals surface area (Å²) in [7, 11) is 1.60. The van der Waals surface area contributed by atoms with Gasteiger partial charge in [-0.15, -0.1) is 0 Å². The number of thiocarbonyl (C=S) groups is 1. The smallest absolute Gasteiger partial charge is 0.256 e. The van der Waals surface area contributed by atoms with Crippen LogP contribution in [-0.2, 0) is 4.74 Å². The number of hydrogen-bond donors (Lipinski definition) is 1. The van der Waals surface area contributed by atoms with E-state index in [1.807, 2.05) is 0 Å². The molecule has 0 aromatic heterocycles. The van der Waals surface area contributed by atoms with Gasteiger partial charge in [-0.2, -0.15) is 0 Å². The molecule has 1 aliphatic carbocycles. The van der Waals surface area contributed by atoms with Gasteiger partial charge in [-0.25, -0.2) is 8.78 Å². The molecule has 0 saturated heterocycles. The van der Waals surface area contributed by atoms with E-state index in [4.69, 9.17) is 4.74 Å². The van der Waals surface area contributed by atoms with Gasteiger partial charge in [0.25, 0.3) is 11.1 Å². The van der Waals surface area contributed by atoms with Crippen molar-refractivity contribution in [1.29, 1.82) is 0 Å². The molecular weight excluding hydrogens is 172 g/mol. The zero-order chi connectivity index (χ0) is 8.48. The molecule has 5 heteroatoms. The van der Waals surface area contributed by atoms with E-state index in [9.17, 15) is 8.78 Å². The lowest BCUT2D eigenvalue weighted by atomic mass is 9.91. The highest BCUT2D eigenvalue weighted by Crippen LogP contribution is 2.39. The Morgan fingerprint density at radius 3 is 2.55 bits per heavy atom. The normalized spacial score (nSPS) is 22.1. The van der Waals surface area contributed by atoms with Gasteiger partial charge < -0.3 is 10.1 Å². The summed E-state index contributed by atoms with van der Waals surface area (Å²) < 4.78 is 29.3. The Morgan fingerprint density at radius 2 is 2.18 bits per heavy atom. The fraction of sp³-hybridized carbons (Fsp3) is 0.833. The fourth-order valence-corrected chi connectivity index (χ4v) is 1.04. The van der Waals surface area contributed by atoms with Crippen molar-refractivity contribution in [2.24, 2.45) is 0 Å². The largest absolute Gasteiger partial charge is 0.467 e. The molecule has 0 aromatic carbocycles. The lowest BCUT2D eigenvalue weighted by Crippen LogP contribution is -2.43. The average Bonchev–Trinajstić information content (AvgIpc) is 1.83. The van der Waals surface area contributed by atoms with Crippen LogP contribution in [0.4, 0.5) is 8.78 Å². The van der Waals surface area contributed by atoms with Gasteiger partial charge in [0.1, 0.15) is 6.10 Å². The van der Waals surface area contributed by atoms with Crippen molar-refractivity contribution in [3.05, 3.63) is 0 Å². The molecule has 0 aliphatic heterocycles. The third-order valence-corrected chi connectivity index (χ3v) is 1.83. The highest BCUT2D eigenvalue weighted by atomic mass is 32.1. The number of alkyl halides is 2. The number of ether oxygens (including phenoxy) is 1. The maximum atomic E-state index is 12.2. The molecule has 0 aromatic rings. The quantitative estimate of drug-likeness (QED) is 0.616. The Hall–Kier alpha value is -0.450. The zero-order valence-corrected chi connectivity index (χ0v) is 6.88. The van der Waals surface area contributed by atoms with Crippen LogP contribution < -0.4 is 5.32 Å². The first-order valence-corrected chi connectivity index (χ1v) is 3.70. The summed E-state index contributed by atoms with van der Waals surface area (Å²) in [5, 5.41) is 2.74. The molecule has 0 bridgehead atoms. The van der Waals surface area contributed by atoms with Crippen molar-refractivity contribution < 1.29 is 13.5 Å². The molecule has 2 nitrogen and oxygen atoms in total. The Labute approximate surface area is 68.9 Å². The van der Waals surface area contributed by atoms with Crippen LogP contribution in [0.1, 0.15) is 12.8 Å². The van der Waals surface area contributed by atoms with Crippen LogP contribution in [0, 0.1) is 0 Å². The van der Waals surface area contributed by atoms with E-state index >= 15 is 0 Å². The summed E-state index contributed by atoms with van der Waals surface area (Å²) in [6.45, 7) is 0. The van der Waals surface area contributed by atoms with E-state index in [1.165, 1.54) is 0 Å². The maximum absolute atomic E-state index is 12.2. The molecule has 1 saturated carbocycles. The Morgan fingerprint density at radius 1 is 1.64 bits per heavy atom. The van der Waals surface area contributed by atoms with Gasteiger partial charge in [0.2, 0.25) is 0 Å². The van der Waals surface area contributed by atoms with Gasteiger partial charge in [-0.05, 0) is 12.2 Å². The van der Waals surface area contributed by atoms with Crippen LogP contribution in [0.25, 0.3) is 0 Å². The highest BCUT2D eigenvalue weighted by molar-refractivity contribution is 7.80. The van der Waals surface area contributed by atoms with Gasteiger partial charge >= 0.3 is 0 Å². The van der Waals surface area contributed by atoms with Gasteiger partial charge in [0.05, 0.1) is 0 Å². The second-order valence-electron chi connectivity index (χ2n) is 2.54. The van der Waals surface area contributed by atoms with Gasteiger partial charge in [-0.3, -0.25) is 0 Å². The standard InChI is InChI=1S/C6H9F2NOS/c1-9-5(11)10-4-2-6(7,8)3-4/h4H,2-3H2,1H3,(H,9,11). The van der Waals surface area contributed by atoms with Crippen molar-refractivity contribution in [2.75, 3.05) is 7.05 Å². The molecule has 0 spiro atoms. The minimum atomic E-state index is -2.53. The number of halogens is 2. The first-order valence-electron chi connectivity index (χ1n) is 3.30. The Kier molecular flexibility index (Phi) is 2.27. The second-order valence-corrected chi connectivity index (χ2v) is 2.91. The molecule has 64 valence electrons. The van der Waals surface area contributed by atoms with E-state index in [0.717, 1.165) is 0 Å². The first kappa shape index (κ1) is 8.64. The SMILES string of the molecule is CNC(=S)OC1CC(F)(F)C1. The molecule has 1 rings (SSSR count). The van der Waals surface area contributed by atoms with Crippen molar-refractivity contribution in [1.82, 2.24) is 5.32 Å². The Bertz CT molecular complexity index is 166. The van der Waals surface area contributed by atoms with Gasteiger partial charge in [0, 0.05) is 19.9 Å². The Balaban J connectivity index is 2.19. The monoisotopic (exact) mass is 181 g/mol. The van der Waals surface area contributed by atoms with Crippen molar-refractivity contribution >= 4 is 17.4 Å². The fourth-order valence-electron chi connectivity index (χ4n) is 0.900. The minimum Gasteiger partial charge on any atom is -0.467 e. The van der Waals surface area contributed by atoms with Crippen LogP contribution in [-0.4, -0.2) is 24.2 Å². The minimum absolute atomic E-state index is 0.186. The molecular formula is C6H9F2NOS. The molecule has 1 N–H and O–H groups in total. The topological polar surface area (TPSA) is 21.3 Å². The van der Waals surface area contributed by atoms with Crippen LogP contribution in [0.2, 0.25) is 0 Å². The third kappa shape index (κ3) is 2.25. The van der Waals surface area contributed by atoms with Crippen molar-refractivity contribution in [2.45, 2.75) is 24.9 Å². The van der Waals surface area contributed by atoms with E-state index in [1.54, 1.807) is 7.05 Å². The van der Waals surface area contributed by atoms with Crippen molar-refractivity contribution in [3.8, 4) is 0 Å². The summed E-state index contributed by atoms with van der Waals surface area (Å²) in [5.41, 5.74) is 0. The summed E-state index contributed by atoms with van der Waals surface area (Å²) in [6.07, 6.45) is -0.825. The first-order chi connectivity index (χ1) is 5.03. The van der Waals surface area contributed by atoms with E-state index in [-0.39, 0.29) is 18.0 Å². The van der Waals surface area contributed by atoms with E-state index in [0.29, 0.717) is 0 Å². The average molecular weight is 181 g/mol. The van der Waals surface area contributed by atoms with Crippen molar-refractivity contribution in [3.63, 3.8) is 0 Å². The summed E-state index contributed by atoms with van der Waals surface area (Å²) in [4.78, 5) is 0. The summed E-state index contributed by atoms with van der Waals surface area (Å²) in [5.74, 6) is -2.53. The lowest BCUT2D eigenvalue weighted by molar-refractivity contribution is -0.138. The molecule has 0 radical (unpaired) electrons. The highest BCUT2D eigenvalue weighted by Gasteiger charge is 2.47. The van der Waals surface area contributed by atoms with Crippen LogP contribution >= 0.6 is 12.2 Å². The number of hydrogen-bond acceptors (Lipinski definition) is 2. The van der Waals surface area contributed by atoms with Crippen LogP contribution in [0.15, 0.2) is 0 Å².